The molecule has 1 aromatic heterocycles. The third kappa shape index (κ3) is 3.90. The van der Waals surface area contributed by atoms with Crippen LogP contribution in [0.1, 0.15) is 29.2 Å². The van der Waals surface area contributed by atoms with Crippen molar-refractivity contribution in [3.8, 4) is 5.75 Å². The smallest absolute Gasteiger partial charge is 0.270 e. The van der Waals surface area contributed by atoms with E-state index in [1.54, 1.807) is 38.3 Å². The van der Waals surface area contributed by atoms with E-state index in [0.29, 0.717) is 33.8 Å². The normalized spacial score (nSPS) is 13.5. The van der Waals surface area contributed by atoms with Crippen LogP contribution in [0.3, 0.4) is 0 Å². The highest BCUT2D eigenvalue weighted by atomic mass is 35.5. The van der Waals surface area contributed by atoms with Crippen molar-refractivity contribution in [1.82, 2.24) is 15.3 Å². The van der Waals surface area contributed by atoms with E-state index in [4.69, 9.17) is 16.3 Å². The quantitative estimate of drug-likeness (QED) is 0.880. The minimum absolute atomic E-state index is 0.181. The van der Waals surface area contributed by atoms with Crippen molar-refractivity contribution >= 4 is 29.0 Å². The van der Waals surface area contributed by atoms with Crippen molar-refractivity contribution in [2.24, 2.45) is 0 Å². The number of hydrogen-bond donors (Lipinski definition) is 2. The Morgan fingerprint density at radius 2 is 2.09 bits per heavy atom. The molecule has 1 heterocycles. The van der Waals surface area contributed by atoms with Crippen LogP contribution in [-0.4, -0.2) is 29.0 Å². The topological polar surface area (TPSA) is 76.1 Å². The number of anilines is 2. The van der Waals surface area contributed by atoms with E-state index < -0.39 is 0 Å². The van der Waals surface area contributed by atoms with Gasteiger partial charge in [0.1, 0.15) is 23.1 Å². The summed E-state index contributed by atoms with van der Waals surface area (Å²) in [6.45, 7) is 1.74. The summed E-state index contributed by atoms with van der Waals surface area (Å²) in [7, 11) is 1.58. The zero-order valence-electron chi connectivity index (χ0n) is 12.9. The lowest BCUT2D eigenvalue weighted by Crippen LogP contribution is -2.26. The van der Waals surface area contributed by atoms with E-state index in [-0.39, 0.29) is 11.9 Å². The molecule has 1 amide bonds. The third-order valence-corrected chi connectivity index (χ3v) is 3.64. The van der Waals surface area contributed by atoms with Crippen LogP contribution in [0.4, 0.5) is 11.5 Å². The molecule has 1 aromatic carbocycles. The second-order valence-electron chi connectivity index (χ2n) is 5.40. The number of ether oxygens (including phenoxy) is 1. The Bertz CT molecular complexity index is 747. The minimum Gasteiger partial charge on any atom is -0.495 e. The largest absolute Gasteiger partial charge is 0.495 e. The van der Waals surface area contributed by atoms with Crippen molar-refractivity contribution in [2.45, 2.75) is 25.8 Å². The SMILES string of the molecule is COc1ccc(Cl)cc1Nc1cc(C(=O)NC2CC2)nc(C)n1. The molecule has 2 N–H and O–H groups in total. The van der Waals surface area contributed by atoms with Gasteiger partial charge in [-0.3, -0.25) is 4.79 Å². The van der Waals surface area contributed by atoms with Gasteiger partial charge in [0.25, 0.3) is 5.91 Å². The van der Waals surface area contributed by atoms with Gasteiger partial charge in [-0.05, 0) is 38.0 Å². The zero-order valence-corrected chi connectivity index (χ0v) is 13.6. The molecule has 0 bridgehead atoms. The van der Waals surface area contributed by atoms with Gasteiger partial charge in [0.15, 0.2) is 0 Å². The van der Waals surface area contributed by atoms with E-state index in [1.807, 2.05) is 0 Å². The Hall–Kier alpha value is -2.34. The minimum atomic E-state index is -0.181. The fraction of sp³-hybridized carbons (Fsp3) is 0.312. The molecule has 1 fully saturated rings. The van der Waals surface area contributed by atoms with Crippen LogP contribution in [-0.2, 0) is 0 Å². The van der Waals surface area contributed by atoms with Crippen molar-refractivity contribution < 1.29 is 9.53 Å². The lowest BCUT2D eigenvalue weighted by atomic mass is 10.2. The van der Waals surface area contributed by atoms with Gasteiger partial charge in [0.05, 0.1) is 12.8 Å². The molecule has 0 radical (unpaired) electrons. The fourth-order valence-electron chi connectivity index (χ4n) is 2.15. The molecule has 0 saturated heterocycles. The van der Waals surface area contributed by atoms with Gasteiger partial charge < -0.3 is 15.4 Å². The number of carbonyl (C=O) groups is 1. The number of methoxy groups -OCH3 is 1. The zero-order chi connectivity index (χ0) is 16.4. The van der Waals surface area contributed by atoms with Crippen molar-refractivity contribution in [1.29, 1.82) is 0 Å². The standard InChI is InChI=1S/C16H17ClN4O2/c1-9-18-13(16(22)20-11-4-5-11)8-15(19-9)21-12-7-10(17)3-6-14(12)23-2/h3,6-8,11H,4-5H2,1-2H3,(H,20,22)(H,18,19,21). The number of carbonyl (C=O) groups excluding carboxylic acids is 1. The Kier molecular flexibility index (Phi) is 4.34. The molecule has 0 spiro atoms. The molecule has 0 atom stereocenters. The number of rotatable bonds is 5. The van der Waals surface area contributed by atoms with Crippen LogP contribution in [0, 0.1) is 6.92 Å². The molecule has 6 nitrogen and oxygen atoms in total. The first kappa shape index (κ1) is 15.6. The molecule has 0 aliphatic heterocycles. The van der Waals surface area contributed by atoms with Crippen LogP contribution in [0.2, 0.25) is 5.02 Å². The molecule has 1 aliphatic carbocycles. The maximum Gasteiger partial charge on any atom is 0.270 e. The monoisotopic (exact) mass is 332 g/mol. The van der Waals surface area contributed by atoms with Gasteiger partial charge in [-0.2, -0.15) is 0 Å². The summed E-state index contributed by atoms with van der Waals surface area (Å²) in [5.41, 5.74) is 1.01. The highest BCUT2D eigenvalue weighted by Crippen LogP contribution is 2.30. The molecule has 3 rings (SSSR count). The number of aryl methyl sites for hydroxylation is 1. The van der Waals surface area contributed by atoms with Gasteiger partial charge in [-0.15, -0.1) is 0 Å². The number of halogens is 1. The summed E-state index contributed by atoms with van der Waals surface area (Å²) in [6, 6.07) is 7.14. The first-order valence-electron chi connectivity index (χ1n) is 7.32. The van der Waals surface area contributed by atoms with Crippen LogP contribution in [0.25, 0.3) is 0 Å². The molecule has 0 unspecified atom stereocenters. The fourth-order valence-corrected chi connectivity index (χ4v) is 2.32. The molecule has 1 aliphatic rings. The number of amides is 1. The first-order chi connectivity index (χ1) is 11.0. The van der Waals surface area contributed by atoms with E-state index in [2.05, 4.69) is 20.6 Å². The van der Waals surface area contributed by atoms with Crippen molar-refractivity contribution in [3.05, 3.63) is 40.8 Å². The summed E-state index contributed by atoms with van der Waals surface area (Å²) < 4.78 is 5.30. The van der Waals surface area contributed by atoms with E-state index in [9.17, 15) is 4.79 Å². The van der Waals surface area contributed by atoms with Gasteiger partial charge >= 0.3 is 0 Å². The highest BCUT2D eigenvalue weighted by Gasteiger charge is 2.24. The van der Waals surface area contributed by atoms with E-state index >= 15 is 0 Å². The van der Waals surface area contributed by atoms with Crippen LogP contribution in [0.5, 0.6) is 5.75 Å². The lowest BCUT2D eigenvalue weighted by molar-refractivity contribution is 0.0945. The first-order valence-corrected chi connectivity index (χ1v) is 7.70. The third-order valence-electron chi connectivity index (χ3n) is 3.41. The molecule has 7 heteroatoms. The number of nitrogens with zero attached hydrogens (tertiary/aromatic N) is 2. The molecule has 1 saturated carbocycles. The van der Waals surface area contributed by atoms with Gasteiger partial charge in [0.2, 0.25) is 0 Å². The number of aromatic nitrogens is 2. The maximum absolute atomic E-state index is 12.2. The molecule has 120 valence electrons. The Labute approximate surface area is 139 Å². The number of hydrogen-bond acceptors (Lipinski definition) is 5. The summed E-state index contributed by atoms with van der Waals surface area (Å²) in [5.74, 6) is 1.48. The van der Waals surface area contributed by atoms with Crippen molar-refractivity contribution in [2.75, 3.05) is 12.4 Å². The second kappa shape index (κ2) is 6.42. The number of benzene rings is 1. The van der Waals surface area contributed by atoms with Crippen LogP contribution < -0.4 is 15.4 Å². The summed E-state index contributed by atoms with van der Waals surface area (Å²) in [5, 5.41) is 6.62. The van der Waals surface area contributed by atoms with E-state index in [0.717, 1.165) is 12.8 Å². The molecular weight excluding hydrogens is 316 g/mol. The summed E-state index contributed by atoms with van der Waals surface area (Å²) >= 11 is 6.02. The Balaban J connectivity index is 1.86. The number of nitrogens with one attached hydrogen (secondary N) is 2. The second-order valence-corrected chi connectivity index (χ2v) is 5.84. The van der Waals surface area contributed by atoms with Gasteiger partial charge in [0, 0.05) is 17.1 Å². The van der Waals surface area contributed by atoms with Gasteiger partial charge in [-0.25, -0.2) is 9.97 Å². The Morgan fingerprint density at radius 1 is 1.30 bits per heavy atom. The lowest BCUT2D eigenvalue weighted by Gasteiger charge is -2.12. The maximum atomic E-state index is 12.2. The molecular formula is C16H17ClN4O2. The van der Waals surface area contributed by atoms with E-state index in [1.165, 1.54) is 0 Å². The van der Waals surface area contributed by atoms with Crippen LogP contribution >= 0.6 is 11.6 Å². The van der Waals surface area contributed by atoms with Crippen LogP contribution in [0.15, 0.2) is 24.3 Å². The summed E-state index contributed by atoms with van der Waals surface area (Å²) in [4.78, 5) is 20.7. The average Bonchev–Trinajstić information content (AvgIpc) is 3.31. The summed E-state index contributed by atoms with van der Waals surface area (Å²) in [6.07, 6.45) is 2.06. The Morgan fingerprint density at radius 3 is 2.78 bits per heavy atom. The van der Waals surface area contributed by atoms with Crippen molar-refractivity contribution in [3.63, 3.8) is 0 Å². The predicted octanol–water partition coefficient (Wildman–Crippen LogP) is 3.08. The molecule has 2 aromatic rings. The van der Waals surface area contributed by atoms with Gasteiger partial charge in [-0.1, -0.05) is 11.6 Å². The highest BCUT2D eigenvalue weighted by molar-refractivity contribution is 6.31. The molecule has 23 heavy (non-hydrogen) atoms. The predicted molar refractivity (Wildman–Crippen MR) is 88.5 cm³/mol. The average molecular weight is 333 g/mol.